The van der Waals surface area contributed by atoms with E-state index < -0.39 is 0 Å². The van der Waals surface area contributed by atoms with Crippen molar-refractivity contribution in [2.45, 2.75) is 19.4 Å². The number of morpholine rings is 1. The van der Waals surface area contributed by atoms with Gasteiger partial charge in [-0.1, -0.05) is 12.1 Å². The Bertz CT molecular complexity index is 616. The number of hydrogen-bond acceptors (Lipinski definition) is 5. The molecule has 1 fully saturated rings. The second-order valence-electron chi connectivity index (χ2n) is 6.43. The van der Waals surface area contributed by atoms with E-state index in [4.69, 9.17) is 9.47 Å². The highest BCUT2D eigenvalue weighted by Gasteiger charge is 2.25. The Morgan fingerprint density at radius 3 is 2.80 bits per heavy atom. The number of benzene rings is 1. The van der Waals surface area contributed by atoms with E-state index in [2.05, 4.69) is 10.2 Å². The summed E-state index contributed by atoms with van der Waals surface area (Å²) in [6.45, 7) is 6.34. The summed E-state index contributed by atoms with van der Waals surface area (Å²) >= 11 is 0. The normalized spacial score (nSPS) is 19.6. The summed E-state index contributed by atoms with van der Waals surface area (Å²) in [5, 5.41) is 2.99. The third-order valence-electron chi connectivity index (χ3n) is 4.38. The molecule has 25 heavy (non-hydrogen) atoms. The molecule has 1 atom stereocenters. The van der Waals surface area contributed by atoms with Gasteiger partial charge in [-0.25, -0.2) is 0 Å². The highest BCUT2D eigenvalue weighted by atomic mass is 16.5. The number of fused-ring (bicyclic) bond motifs is 1. The fourth-order valence-corrected chi connectivity index (χ4v) is 3.17. The maximum atomic E-state index is 12.4. The van der Waals surface area contributed by atoms with Crippen LogP contribution in [0, 0.1) is 0 Å². The second-order valence-corrected chi connectivity index (χ2v) is 6.43. The fraction of sp³-hybridized carbons (Fsp3) is 0.556. The molecule has 2 heterocycles. The van der Waals surface area contributed by atoms with Gasteiger partial charge in [-0.15, -0.1) is 0 Å². The third kappa shape index (κ3) is 4.70. The lowest BCUT2D eigenvalue weighted by Crippen LogP contribution is -2.49. The zero-order valence-electron chi connectivity index (χ0n) is 14.6. The van der Waals surface area contributed by atoms with Crippen LogP contribution in [0.15, 0.2) is 24.3 Å². The monoisotopic (exact) mass is 347 g/mol. The van der Waals surface area contributed by atoms with Crippen molar-refractivity contribution in [3.05, 3.63) is 24.3 Å². The summed E-state index contributed by atoms with van der Waals surface area (Å²) in [7, 11) is 0. The lowest BCUT2D eigenvalue weighted by Gasteiger charge is -2.29. The molecule has 7 heteroatoms. The van der Waals surface area contributed by atoms with Crippen LogP contribution in [0.2, 0.25) is 0 Å². The molecular formula is C18H25N3O4. The summed E-state index contributed by atoms with van der Waals surface area (Å²) in [6.07, 6.45) is 0.269. The van der Waals surface area contributed by atoms with Crippen molar-refractivity contribution in [2.24, 2.45) is 0 Å². The molecule has 136 valence electrons. The first-order valence-electron chi connectivity index (χ1n) is 8.75. The van der Waals surface area contributed by atoms with Gasteiger partial charge in [0.05, 0.1) is 31.9 Å². The molecule has 0 bridgehead atoms. The first-order valence-corrected chi connectivity index (χ1v) is 8.75. The van der Waals surface area contributed by atoms with E-state index in [9.17, 15) is 9.59 Å². The second kappa shape index (κ2) is 8.31. The van der Waals surface area contributed by atoms with Gasteiger partial charge in [0.2, 0.25) is 11.8 Å². The van der Waals surface area contributed by atoms with E-state index in [-0.39, 0.29) is 30.8 Å². The van der Waals surface area contributed by atoms with Gasteiger partial charge in [0.15, 0.2) is 0 Å². The molecule has 1 aromatic rings. The van der Waals surface area contributed by atoms with Gasteiger partial charge in [0.1, 0.15) is 12.3 Å². The van der Waals surface area contributed by atoms with Crippen molar-refractivity contribution in [3.63, 3.8) is 0 Å². The molecule has 0 saturated carbocycles. The van der Waals surface area contributed by atoms with Crippen LogP contribution >= 0.6 is 0 Å². The van der Waals surface area contributed by atoms with Crippen molar-refractivity contribution in [2.75, 3.05) is 50.9 Å². The summed E-state index contributed by atoms with van der Waals surface area (Å²) in [6, 6.07) is 7.34. The van der Waals surface area contributed by atoms with Crippen LogP contribution in [0.3, 0.4) is 0 Å². The number of hydrogen-bond donors (Lipinski definition) is 1. The molecule has 2 aliphatic rings. The number of anilines is 1. The van der Waals surface area contributed by atoms with Crippen LogP contribution < -0.4 is 15.0 Å². The molecule has 1 N–H and O–H groups in total. The Morgan fingerprint density at radius 2 is 2.00 bits per heavy atom. The lowest BCUT2D eigenvalue weighted by molar-refractivity contribution is -0.124. The average Bonchev–Trinajstić information content (AvgIpc) is 2.75. The molecule has 0 spiro atoms. The molecule has 0 radical (unpaired) electrons. The van der Waals surface area contributed by atoms with E-state index in [1.807, 2.05) is 31.2 Å². The molecule has 7 nitrogen and oxygen atoms in total. The quantitative estimate of drug-likeness (QED) is 0.846. The van der Waals surface area contributed by atoms with Gasteiger partial charge in [-0.2, -0.15) is 0 Å². The number of rotatable bonds is 5. The van der Waals surface area contributed by atoms with Gasteiger partial charge < -0.3 is 14.8 Å². The summed E-state index contributed by atoms with van der Waals surface area (Å²) < 4.78 is 10.9. The number of carbonyl (C=O) groups is 2. The smallest absolute Gasteiger partial charge is 0.240 e. The number of carbonyl (C=O) groups excluding carboxylic acids is 2. The maximum absolute atomic E-state index is 12.4. The van der Waals surface area contributed by atoms with E-state index in [1.165, 1.54) is 4.90 Å². The molecular weight excluding hydrogens is 322 g/mol. The van der Waals surface area contributed by atoms with E-state index in [0.29, 0.717) is 18.0 Å². The Labute approximate surface area is 147 Å². The molecule has 1 saturated heterocycles. The minimum atomic E-state index is -0.161. The SMILES string of the molecule is C[C@H](CN1CCOCC1)NC(=O)CN1C(=O)CCOc2ccccc21. The molecule has 1 aromatic carbocycles. The topological polar surface area (TPSA) is 71.1 Å². The van der Waals surface area contributed by atoms with Gasteiger partial charge in [0, 0.05) is 25.7 Å². The Hall–Kier alpha value is -2.12. The van der Waals surface area contributed by atoms with Gasteiger partial charge >= 0.3 is 0 Å². The summed E-state index contributed by atoms with van der Waals surface area (Å²) in [5.41, 5.74) is 0.654. The van der Waals surface area contributed by atoms with Crippen molar-refractivity contribution in [1.29, 1.82) is 0 Å². The zero-order chi connectivity index (χ0) is 17.6. The number of amides is 2. The first kappa shape index (κ1) is 17.7. The Morgan fingerprint density at radius 1 is 1.24 bits per heavy atom. The largest absolute Gasteiger partial charge is 0.491 e. The standard InChI is InChI=1S/C18H25N3O4/c1-14(12-20-7-10-24-11-8-20)19-17(22)13-21-15-4-2-3-5-16(15)25-9-6-18(21)23/h2-5,14H,6-13H2,1H3,(H,19,22)/t14-/m1/s1. The summed E-state index contributed by atoms with van der Waals surface area (Å²) in [5.74, 6) is 0.384. The average molecular weight is 347 g/mol. The highest BCUT2D eigenvalue weighted by Crippen LogP contribution is 2.30. The number of nitrogens with one attached hydrogen (secondary N) is 1. The van der Waals surface area contributed by atoms with E-state index in [0.717, 1.165) is 32.8 Å². The van der Waals surface area contributed by atoms with Crippen molar-refractivity contribution >= 4 is 17.5 Å². The molecule has 0 unspecified atom stereocenters. The third-order valence-corrected chi connectivity index (χ3v) is 4.38. The summed E-state index contributed by atoms with van der Waals surface area (Å²) in [4.78, 5) is 28.6. The predicted octanol–water partition coefficient (Wildman–Crippen LogP) is 0.639. The Kier molecular flexibility index (Phi) is 5.88. The van der Waals surface area contributed by atoms with Crippen molar-refractivity contribution < 1.29 is 19.1 Å². The minimum Gasteiger partial charge on any atom is -0.491 e. The van der Waals surface area contributed by atoms with Crippen LogP contribution in [0.5, 0.6) is 5.75 Å². The number of nitrogens with zero attached hydrogens (tertiary/aromatic N) is 2. The molecule has 3 rings (SSSR count). The fourth-order valence-electron chi connectivity index (χ4n) is 3.17. The van der Waals surface area contributed by atoms with E-state index in [1.54, 1.807) is 0 Å². The van der Waals surface area contributed by atoms with Crippen LogP contribution in [0.4, 0.5) is 5.69 Å². The highest BCUT2D eigenvalue weighted by molar-refractivity contribution is 6.00. The number of para-hydroxylation sites is 2. The predicted molar refractivity (Wildman–Crippen MR) is 93.8 cm³/mol. The molecule has 2 amide bonds. The van der Waals surface area contributed by atoms with Crippen LogP contribution in [0.25, 0.3) is 0 Å². The zero-order valence-corrected chi connectivity index (χ0v) is 14.6. The van der Waals surface area contributed by atoms with Gasteiger partial charge in [0.25, 0.3) is 0 Å². The van der Waals surface area contributed by atoms with Gasteiger partial charge in [-0.3, -0.25) is 19.4 Å². The molecule has 0 aromatic heterocycles. The molecule has 0 aliphatic carbocycles. The van der Waals surface area contributed by atoms with Crippen molar-refractivity contribution in [3.8, 4) is 5.75 Å². The van der Waals surface area contributed by atoms with Crippen LogP contribution in [0.1, 0.15) is 13.3 Å². The first-order chi connectivity index (χ1) is 12.1. The van der Waals surface area contributed by atoms with E-state index >= 15 is 0 Å². The molecule has 2 aliphatic heterocycles. The van der Waals surface area contributed by atoms with Crippen molar-refractivity contribution in [1.82, 2.24) is 10.2 Å². The minimum absolute atomic E-state index is 0.00660. The Balaban J connectivity index is 1.58. The lowest BCUT2D eigenvalue weighted by atomic mass is 10.2. The van der Waals surface area contributed by atoms with Crippen LogP contribution in [-0.2, 0) is 14.3 Å². The maximum Gasteiger partial charge on any atom is 0.240 e. The van der Waals surface area contributed by atoms with Crippen LogP contribution in [-0.4, -0.2) is 68.8 Å². The number of ether oxygens (including phenoxy) is 2. The van der Waals surface area contributed by atoms with Gasteiger partial charge in [-0.05, 0) is 19.1 Å².